The Morgan fingerprint density at radius 3 is 2.83 bits per heavy atom. The summed E-state index contributed by atoms with van der Waals surface area (Å²) < 4.78 is 22.8. The number of rotatable bonds is 4. The van der Waals surface area contributed by atoms with E-state index in [-0.39, 0.29) is 16.4 Å². The maximum Gasteiger partial charge on any atom is 0.294 e. The standard InChI is InChI=1S/C14H14N2O5S3/c17-12(15-9-3-5-24(20,21)8-9)7-16-13(18)11(23-14(16)19)6-10-2-1-4-22-10/h1-2,4,6,9H,3,5,7-8H2,(H,15,17)/b11-6-. The number of thioether (sulfide) groups is 1. The maximum absolute atomic E-state index is 12.3. The molecule has 0 aliphatic carbocycles. The highest BCUT2D eigenvalue weighted by Crippen LogP contribution is 2.32. The maximum atomic E-state index is 12.3. The van der Waals surface area contributed by atoms with Gasteiger partial charge >= 0.3 is 0 Å². The summed E-state index contributed by atoms with van der Waals surface area (Å²) in [6, 6.07) is 3.21. The minimum Gasteiger partial charge on any atom is -0.351 e. The van der Waals surface area contributed by atoms with E-state index in [1.54, 1.807) is 6.08 Å². The van der Waals surface area contributed by atoms with Gasteiger partial charge in [-0.1, -0.05) is 6.07 Å². The molecule has 1 aromatic heterocycles. The van der Waals surface area contributed by atoms with Crippen LogP contribution in [0.4, 0.5) is 4.79 Å². The first-order valence-corrected chi connectivity index (χ1v) is 10.6. The number of carbonyl (C=O) groups is 3. The van der Waals surface area contributed by atoms with Gasteiger partial charge < -0.3 is 5.32 Å². The molecule has 3 amide bonds. The zero-order valence-electron chi connectivity index (χ0n) is 12.4. The second-order valence-electron chi connectivity index (χ2n) is 5.45. The Balaban J connectivity index is 1.62. The first-order chi connectivity index (χ1) is 11.3. The molecule has 1 N–H and O–H groups in total. The zero-order chi connectivity index (χ0) is 17.3. The van der Waals surface area contributed by atoms with Gasteiger partial charge in [-0.2, -0.15) is 0 Å². The molecule has 1 unspecified atom stereocenters. The lowest BCUT2D eigenvalue weighted by Gasteiger charge is -2.15. The van der Waals surface area contributed by atoms with Gasteiger partial charge in [0.25, 0.3) is 11.1 Å². The average molecular weight is 386 g/mol. The van der Waals surface area contributed by atoms with Crippen LogP contribution in [0.15, 0.2) is 22.4 Å². The predicted molar refractivity (Wildman–Crippen MR) is 92.2 cm³/mol. The Hall–Kier alpha value is -1.65. The van der Waals surface area contributed by atoms with Crippen LogP contribution in [-0.2, 0) is 19.4 Å². The number of carbonyl (C=O) groups excluding carboxylic acids is 3. The van der Waals surface area contributed by atoms with E-state index in [0.29, 0.717) is 6.42 Å². The third-order valence-electron chi connectivity index (χ3n) is 3.59. The van der Waals surface area contributed by atoms with Gasteiger partial charge in [0.1, 0.15) is 6.54 Å². The fourth-order valence-corrected chi connectivity index (χ4v) is 5.70. The molecule has 0 spiro atoms. The molecule has 2 aliphatic heterocycles. The van der Waals surface area contributed by atoms with Crippen molar-refractivity contribution in [1.82, 2.24) is 10.2 Å². The first-order valence-electron chi connectivity index (χ1n) is 7.13. The van der Waals surface area contributed by atoms with Crippen LogP contribution in [0.2, 0.25) is 0 Å². The summed E-state index contributed by atoms with van der Waals surface area (Å²) in [5.74, 6) is -1.09. The van der Waals surface area contributed by atoms with E-state index >= 15 is 0 Å². The van der Waals surface area contributed by atoms with Crippen LogP contribution in [0.25, 0.3) is 6.08 Å². The topological polar surface area (TPSA) is 101 Å². The highest BCUT2D eigenvalue weighted by Gasteiger charge is 2.37. The van der Waals surface area contributed by atoms with E-state index < -0.39 is 39.5 Å². The minimum atomic E-state index is -3.10. The molecule has 0 aromatic carbocycles. The number of thiophene rings is 1. The Kier molecular flexibility index (Phi) is 4.79. The van der Waals surface area contributed by atoms with Crippen molar-refractivity contribution in [3.63, 3.8) is 0 Å². The smallest absolute Gasteiger partial charge is 0.294 e. The van der Waals surface area contributed by atoms with Crippen LogP contribution < -0.4 is 5.32 Å². The van der Waals surface area contributed by atoms with E-state index in [1.165, 1.54) is 11.3 Å². The number of sulfone groups is 1. The number of nitrogens with zero attached hydrogens (tertiary/aromatic N) is 1. The number of imide groups is 1. The molecule has 2 saturated heterocycles. The fourth-order valence-electron chi connectivity index (χ4n) is 2.46. The number of amides is 3. The third kappa shape index (κ3) is 3.87. The summed E-state index contributed by atoms with van der Waals surface area (Å²) in [5.41, 5.74) is 0. The normalized spacial score (nSPS) is 24.8. The van der Waals surface area contributed by atoms with Gasteiger partial charge in [-0.25, -0.2) is 8.42 Å². The van der Waals surface area contributed by atoms with Crippen molar-refractivity contribution in [2.75, 3.05) is 18.1 Å². The largest absolute Gasteiger partial charge is 0.351 e. The van der Waals surface area contributed by atoms with Gasteiger partial charge in [0, 0.05) is 10.9 Å². The molecule has 0 bridgehead atoms. The third-order valence-corrected chi connectivity index (χ3v) is 7.08. The molecule has 10 heteroatoms. The highest BCUT2D eigenvalue weighted by molar-refractivity contribution is 8.18. The van der Waals surface area contributed by atoms with Gasteiger partial charge in [-0.05, 0) is 35.7 Å². The average Bonchev–Trinajstić information content (AvgIpc) is 3.17. The Labute approximate surface area is 147 Å². The van der Waals surface area contributed by atoms with E-state index in [1.807, 2.05) is 17.5 Å². The van der Waals surface area contributed by atoms with Crippen molar-refractivity contribution in [1.29, 1.82) is 0 Å². The van der Waals surface area contributed by atoms with Crippen LogP contribution in [0, 0.1) is 0 Å². The summed E-state index contributed by atoms with van der Waals surface area (Å²) >= 11 is 2.24. The summed E-state index contributed by atoms with van der Waals surface area (Å²) in [7, 11) is -3.10. The molecule has 24 heavy (non-hydrogen) atoms. The van der Waals surface area contributed by atoms with E-state index in [2.05, 4.69) is 5.32 Å². The predicted octanol–water partition coefficient (Wildman–Crippen LogP) is 1.09. The second kappa shape index (κ2) is 6.69. The number of hydrogen-bond donors (Lipinski definition) is 1. The Morgan fingerprint density at radius 1 is 1.42 bits per heavy atom. The van der Waals surface area contributed by atoms with Crippen LogP contribution in [0.5, 0.6) is 0 Å². The summed E-state index contributed by atoms with van der Waals surface area (Å²) in [6.45, 7) is -0.400. The van der Waals surface area contributed by atoms with Gasteiger partial charge in [-0.15, -0.1) is 11.3 Å². The first kappa shape index (κ1) is 17.2. The van der Waals surface area contributed by atoms with Crippen LogP contribution in [-0.4, -0.2) is 54.5 Å². The fraction of sp³-hybridized carbons (Fsp3) is 0.357. The molecular formula is C14H14N2O5S3. The van der Waals surface area contributed by atoms with Crippen LogP contribution >= 0.6 is 23.1 Å². The number of nitrogens with one attached hydrogen (secondary N) is 1. The molecule has 0 radical (unpaired) electrons. The molecule has 2 fully saturated rings. The summed E-state index contributed by atoms with van der Waals surface area (Å²) in [5, 5.41) is 3.93. The lowest BCUT2D eigenvalue weighted by Crippen LogP contribution is -2.43. The Bertz CT molecular complexity index is 813. The van der Waals surface area contributed by atoms with Crippen molar-refractivity contribution in [2.24, 2.45) is 0 Å². The SMILES string of the molecule is O=C(CN1C(=O)S/C(=C\c2cccs2)C1=O)NC1CCS(=O)(=O)C1. The number of hydrogen-bond acceptors (Lipinski definition) is 7. The lowest BCUT2D eigenvalue weighted by atomic mass is 10.2. The second-order valence-corrected chi connectivity index (χ2v) is 9.65. The van der Waals surface area contributed by atoms with Gasteiger partial charge in [0.2, 0.25) is 5.91 Å². The lowest BCUT2D eigenvalue weighted by molar-refractivity contribution is -0.129. The Morgan fingerprint density at radius 2 is 2.21 bits per heavy atom. The monoisotopic (exact) mass is 386 g/mol. The highest BCUT2D eigenvalue weighted by atomic mass is 32.2. The zero-order valence-corrected chi connectivity index (χ0v) is 14.9. The van der Waals surface area contributed by atoms with E-state index in [4.69, 9.17) is 0 Å². The van der Waals surface area contributed by atoms with Crippen molar-refractivity contribution < 1.29 is 22.8 Å². The van der Waals surface area contributed by atoms with Gasteiger partial charge in [0.15, 0.2) is 9.84 Å². The molecule has 1 aromatic rings. The van der Waals surface area contributed by atoms with Gasteiger partial charge in [-0.3, -0.25) is 19.3 Å². The molecule has 3 heterocycles. The van der Waals surface area contributed by atoms with Crippen molar-refractivity contribution in [3.8, 4) is 0 Å². The molecule has 2 aliphatic rings. The van der Waals surface area contributed by atoms with E-state index in [0.717, 1.165) is 21.5 Å². The summed E-state index contributed by atoms with van der Waals surface area (Å²) in [4.78, 5) is 38.2. The minimum absolute atomic E-state index is 0.0447. The van der Waals surface area contributed by atoms with Crippen molar-refractivity contribution in [2.45, 2.75) is 12.5 Å². The van der Waals surface area contributed by atoms with Crippen LogP contribution in [0.3, 0.4) is 0 Å². The quantitative estimate of drug-likeness (QED) is 0.778. The van der Waals surface area contributed by atoms with Crippen molar-refractivity contribution >= 4 is 56.1 Å². The van der Waals surface area contributed by atoms with E-state index in [9.17, 15) is 22.8 Å². The summed E-state index contributed by atoms with van der Waals surface area (Å²) in [6.07, 6.45) is 1.98. The van der Waals surface area contributed by atoms with Crippen LogP contribution in [0.1, 0.15) is 11.3 Å². The molecule has 1 atom stereocenters. The van der Waals surface area contributed by atoms with Crippen molar-refractivity contribution in [3.05, 3.63) is 27.3 Å². The molecular weight excluding hydrogens is 372 g/mol. The molecule has 3 rings (SSSR count). The van der Waals surface area contributed by atoms with Gasteiger partial charge in [0.05, 0.1) is 16.4 Å². The molecule has 0 saturated carbocycles. The molecule has 128 valence electrons. The molecule has 7 nitrogen and oxygen atoms in total.